The number of sulfonamides is 1. The van der Waals surface area contributed by atoms with Crippen molar-refractivity contribution in [3.05, 3.63) is 28.8 Å². The summed E-state index contributed by atoms with van der Waals surface area (Å²) < 4.78 is 22.8. The molecular weight excluding hydrogens is 312 g/mol. The van der Waals surface area contributed by atoms with Gasteiger partial charge in [0.05, 0.1) is 5.02 Å². The van der Waals surface area contributed by atoms with E-state index in [0.29, 0.717) is 12.5 Å². The predicted octanol–water partition coefficient (Wildman–Crippen LogP) is 2.40. The third kappa shape index (κ3) is 4.69. The van der Waals surface area contributed by atoms with Gasteiger partial charge in [0.25, 0.3) is 5.91 Å². The lowest BCUT2D eigenvalue weighted by Gasteiger charge is -2.29. The van der Waals surface area contributed by atoms with Crippen LogP contribution < -0.4 is 10.5 Å². The van der Waals surface area contributed by atoms with Crippen LogP contribution in [0.1, 0.15) is 38.1 Å². The first-order chi connectivity index (χ1) is 9.45. The van der Waals surface area contributed by atoms with Crippen molar-refractivity contribution in [3.63, 3.8) is 0 Å². The number of hydrogen-bond donors (Lipinski definition) is 2. The smallest absolute Gasteiger partial charge is 0.251 e. The van der Waals surface area contributed by atoms with Crippen molar-refractivity contribution >= 4 is 27.5 Å². The van der Waals surface area contributed by atoms with Crippen LogP contribution in [0.25, 0.3) is 0 Å². The number of benzene rings is 1. The molecule has 3 N–H and O–H groups in total. The number of carbonyl (C=O) groups excluding carboxylic acids is 1. The van der Waals surface area contributed by atoms with Gasteiger partial charge in [-0.1, -0.05) is 39.3 Å². The van der Waals surface area contributed by atoms with E-state index in [1.165, 1.54) is 18.2 Å². The number of carbonyl (C=O) groups is 1. The zero-order chi connectivity index (χ0) is 16.4. The maximum Gasteiger partial charge on any atom is 0.251 e. The zero-order valence-corrected chi connectivity index (χ0v) is 14.2. The largest absolute Gasteiger partial charge is 0.351 e. The Morgan fingerprint density at radius 2 is 1.95 bits per heavy atom. The number of halogens is 1. The normalized spacial score (nSPS) is 12.5. The molecule has 1 amide bonds. The Morgan fingerprint density at radius 3 is 2.43 bits per heavy atom. The average Bonchev–Trinajstić information content (AvgIpc) is 2.35. The third-order valence-corrected chi connectivity index (χ3v) is 5.16. The topological polar surface area (TPSA) is 89.3 Å². The molecule has 21 heavy (non-hydrogen) atoms. The Labute approximate surface area is 130 Å². The van der Waals surface area contributed by atoms with E-state index in [-0.39, 0.29) is 26.8 Å². The van der Waals surface area contributed by atoms with Gasteiger partial charge in [0.1, 0.15) is 4.90 Å². The monoisotopic (exact) mass is 332 g/mol. The van der Waals surface area contributed by atoms with Gasteiger partial charge in [-0.25, -0.2) is 13.6 Å². The molecule has 0 aliphatic rings. The molecule has 0 aliphatic carbocycles. The van der Waals surface area contributed by atoms with Crippen LogP contribution >= 0.6 is 11.6 Å². The van der Waals surface area contributed by atoms with E-state index >= 15 is 0 Å². The zero-order valence-electron chi connectivity index (χ0n) is 12.6. The molecule has 1 aromatic rings. The maximum absolute atomic E-state index is 12.1. The lowest BCUT2D eigenvalue weighted by Crippen LogP contribution is -2.37. The number of amides is 1. The van der Waals surface area contributed by atoms with E-state index in [9.17, 15) is 13.2 Å². The third-order valence-electron chi connectivity index (χ3n) is 3.77. The lowest BCUT2D eigenvalue weighted by molar-refractivity contribution is 0.0924. The number of primary sulfonamides is 1. The van der Waals surface area contributed by atoms with Gasteiger partial charge in [0, 0.05) is 12.1 Å². The van der Waals surface area contributed by atoms with Gasteiger partial charge in [-0.3, -0.25) is 4.79 Å². The highest BCUT2D eigenvalue weighted by Gasteiger charge is 2.23. The fraction of sp³-hybridized carbons (Fsp3) is 0.500. The minimum Gasteiger partial charge on any atom is -0.351 e. The molecule has 0 aliphatic heterocycles. The lowest BCUT2D eigenvalue weighted by atomic mass is 9.81. The van der Waals surface area contributed by atoms with Crippen LogP contribution in [-0.4, -0.2) is 20.9 Å². The van der Waals surface area contributed by atoms with Gasteiger partial charge in [0.15, 0.2) is 0 Å². The van der Waals surface area contributed by atoms with E-state index in [4.69, 9.17) is 16.7 Å². The quantitative estimate of drug-likeness (QED) is 0.867. The maximum atomic E-state index is 12.1. The standard InChI is InChI=1S/C14H21ClN2O3S/c1-9(2)14(3,4)8-17-13(18)10-5-6-11(15)12(7-10)21(16,19)20/h5-7,9H,8H2,1-4H3,(H,17,18)(H2,16,19,20). The van der Waals surface area contributed by atoms with Crippen molar-refractivity contribution in [1.82, 2.24) is 5.32 Å². The Hall–Kier alpha value is -1.11. The summed E-state index contributed by atoms with van der Waals surface area (Å²) in [7, 11) is -3.96. The second kappa shape index (κ2) is 6.34. The summed E-state index contributed by atoms with van der Waals surface area (Å²) in [5.41, 5.74) is 0.146. The fourth-order valence-corrected chi connectivity index (χ4v) is 2.55. The van der Waals surface area contributed by atoms with Crippen LogP contribution in [0.5, 0.6) is 0 Å². The van der Waals surface area contributed by atoms with E-state index in [0.717, 1.165) is 0 Å². The van der Waals surface area contributed by atoms with Gasteiger partial charge in [0.2, 0.25) is 10.0 Å². The van der Waals surface area contributed by atoms with Gasteiger partial charge < -0.3 is 5.32 Å². The van der Waals surface area contributed by atoms with Crippen molar-refractivity contribution < 1.29 is 13.2 Å². The molecule has 0 aromatic heterocycles. The van der Waals surface area contributed by atoms with Gasteiger partial charge >= 0.3 is 0 Å². The Balaban J connectivity index is 2.95. The van der Waals surface area contributed by atoms with E-state index < -0.39 is 10.0 Å². The highest BCUT2D eigenvalue weighted by molar-refractivity contribution is 7.89. The molecule has 5 nitrogen and oxygen atoms in total. The Bertz CT molecular complexity index is 640. The van der Waals surface area contributed by atoms with Crippen molar-refractivity contribution in [2.45, 2.75) is 32.6 Å². The number of rotatable bonds is 5. The first-order valence-corrected chi connectivity index (χ1v) is 8.48. The number of nitrogens with one attached hydrogen (secondary N) is 1. The van der Waals surface area contributed by atoms with Crippen LogP contribution in [0.4, 0.5) is 0 Å². The molecule has 7 heteroatoms. The summed E-state index contributed by atoms with van der Waals surface area (Å²) >= 11 is 5.79. The van der Waals surface area contributed by atoms with E-state index in [2.05, 4.69) is 33.0 Å². The molecule has 0 saturated heterocycles. The molecule has 0 bridgehead atoms. The fourth-order valence-electron chi connectivity index (χ4n) is 1.48. The minimum absolute atomic E-state index is 0.00318. The van der Waals surface area contributed by atoms with Crippen LogP contribution in [0.2, 0.25) is 5.02 Å². The van der Waals surface area contributed by atoms with Gasteiger partial charge in [-0.15, -0.1) is 0 Å². The second-order valence-corrected chi connectivity index (χ2v) is 7.95. The first-order valence-electron chi connectivity index (χ1n) is 6.55. The molecule has 0 heterocycles. The van der Waals surface area contributed by atoms with Crippen molar-refractivity contribution in [2.24, 2.45) is 16.5 Å². The van der Waals surface area contributed by atoms with E-state index in [1.54, 1.807) is 0 Å². The van der Waals surface area contributed by atoms with E-state index in [1.807, 2.05) is 0 Å². The first kappa shape index (κ1) is 17.9. The molecular formula is C14H21ClN2O3S. The summed E-state index contributed by atoms with van der Waals surface area (Å²) in [4.78, 5) is 11.9. The summed E-state index contributed by atoms with van der Waals surface area (Å²) in [5.74, 6) is 0.0355. The second-order valence-electron chi connectivity index (χ2n) is 6.02. The Morgan fingerprint density at radius 1 is 1.38 bits per heavy atom. The van der Waals surface area contributed by atoms with Gasteiger partial charge in [-0.05, 0) is 29.5 Å². The molecule has 0 unspecified atom stereocenters. The summed E-state index contributed by atoms with van der Waals surface area (Å²) in [6, 6.07) is 4.01. The van der Waals surface area contributed by atoms with Crippen LogP contribution in [0.15, 0.2) is 23.1 Å². The minimum atomic E-state index is -3.96. The number of hydrogen-bond acceptors (Lipinski definition) is 3. The van der Waals surface area contributed by atoms with Crippen molar-refractivity contribution in [2.75, 3.05) is 6.54 Å². The predicted molar refractivity (Wildman–Crippen MR) is 83.8 cm³/mol. The summed E-state index contributed by atoms with van der Waals surface area (Å²) in [6.07, 6.45) is 0. The van der Waals surface area contributed by atoms with Crippen LogP contribution in [-0.2, 0) is 10.0 Å². The van der Waals surface area contributed by atoms with Crippen molar-refractivity contribution in [1.29, 1.82) is 0 Å². The molecule has 1 aromatic carbocycles. The molecule has 0 spiro atoms. The molecule has 0 fully saturated rings. The molecule has 1 rings (SSSR count). The summed E-state index contributed by atoms with van der Waals surface area (Å²) in [5, 5.41) is 7.86. The SMILES string of the molecule is CC(C)C(C)(C)CNC(=O)c1ccc(Cl)c(S(N)(=O)=O)c1. The molecule has 0 atom stereocenters. The Kier molecular flexibility index (Phi) is 5.41. The number of nitrogens with two attached hydrogens (primary N) is 1. The van der Waals surface area contributed by atoms with Crippen LogP contribution in [0.3, 0.4) is 0 Å². The average molecular weight is 333 g/mol. The molecule has 118 valence electrons. The summed E-state index contributed by atoms with van der Waals surface area (Å²) in [6.45, 7) is 8.74. The highest BCUT2D eigenvalue weighted by Crippen LogP contribution is 2.25. The molecule has 0 saturated carbocycles. The molecule has 0 radical (unpaired) electrons. The highest BCUT2D eigenvalue weighted by atomic mass is 35.5. The van der Waals surface area contributed by atoms with Crippen molar-refractivity contribution in [3.8, 4) is 0 Å². The van der Waals surface area contributed by atoms with Crippen LogP contribution in [0, 0.1) is 11.3 Å². The van der Waals surface area contributed by atoms with Gasteiger partial charge in [-0.2, -0.15) is 0 Å².